The predicted molar refractivity (Wildman–Crippen MR) is 106 cm³/mol. The summed E-state index contributed by atoms with van der Waals surface area (Å²) < 4.78 is 5.84. The zero-order chi connectivity index (χ0) is 16.9. The van der Waals surface area contributed by atoms with Gasteiger partial charge in [-0.05, 0) is 42.7 Å². The smallest absolute Gasteiger partial charge is 0.119 e. The molecule has 130 valence electrons. The van der Waals surface area contributed by atoms with E-state index in [-0.39, 0.29) is 0 Å². The molecule has 0 aliphatic heterocycles. The summed E-state index contributed by atoms with van der Waals surface area (Å²) in [4.78, 5) is 1.34. The van der Waals surface area contributed by atoms with Crippen LogP contribution in [0.4, 0.5) is 0 Å². The fraction of sp³-hybridized carbons (Fsp3) is 0.455. The summed E-state index contributed by atoms with van der Waals surface area (Å²) in [5, 5.41) is 0. The fourth-order valence-electron chi connectivity index (χ4n) is 2.63. The molecule has 0 aromatic heterocycles. The molecular weight excluding hydrogens is 312 g/mol. The van der Waals surface area contributed by atoms with E-state index in [9.17, 15) is 0 Å². The molecule has 2 aromatic rings. The van der Waals surface area contributed by atoms with Crippen LogP contribution in [0.15, 0.2) is 59.5 Å². The van der Waals surface area contributed by atoms with Crippen molar-refractivity contribution in [3.8, 4) is 5.75 Å². The van der Waals surface area contributed by atoms with Crippen molar-refractivity contribution in [1.82, 2.24) is 0 Å². The molecule has 0 saturated heterocycles. The Balaban J connectivity index is 1.58. The van der Waals surface area contributed by atoms with E-state index >= 15 is 0 Å². The van der Waals surface area contributed by atoms with Crippen molar-refractivity contribution in [3.05, 3.63) is 60.2 Å². The number of unbranched alkanes of at least 4 members (excludes halogenated alkanes) is 5. The molecule has 0 fully saturated rings. The van der Waals surface area contributed by atoms with Crippen molar-refractivity contribution in [2.75, 3.05) is 12.4 Å². The largest absolute Gasteiger partial charge is 0.494 e. The second-order valence-corrected chi connectivity index (χ2v) is 7.34. The van der Waals surface area contributed by atoms with Crippen molar-refractivity contribution in [1.29, 1.82) is 0 Å². The molecule has 0 N–H and O–H groups in total. The maximum absolute atomic E-state index is 5.84. The number of hydrogen-bond acceptors (Lipinski definition) is 2. The first-order valence-electron chi connectivity index (χ1n) is 9.28. The summed E-state index contributed by atoms with van der Waals surface area (Å²) in [7, 11) is 0. The van der Waals surface area contributed by atoms with Crippen LogP contribution >= 0.6 is 11.8 Å². The lowest BCUT2D eigenvalue weighted by atomic mass is 10.1. The van der Waals surface area contributed by atoms with Gasteiger partial charge in [0.1, 0.15) is 5.75 Å². The lowest BCUT2D eigenvalue weighted by Gasteiger charge is -2.07. The SMILES string of the molecule is CCCCCCCCOc1ccc(CCSc2ccccc2)cc1. The van der Waals surface area contributed by atoms with E-state index in [1.165, 1.54) is 49.0 Å². The van der Waals surface area contributed by atoms with Crippen LogP contribution in [0.3, 0.4) is 0 Å². The van der Waals surface area contributed by atoms with Crippen molar-refractivity contribution in [3.63, 3.8) is 0 Å². The van der Waals surface area contributed by atoms with Gasteiger partial charge in [-0.15, -0.1) is 11.8 Å². The number of aryl methyl sites for hydroxylation is 1. The van der Waals surface area contributed by atoms with Gasteiger partial charge in [-0.1, -0.05) is 69.4 Å². The number of ether oxygens (including phenoxy) is 1. The Bertz CT molecular complexity index is 536. The van der Waals surface area contributed by atoms with Gasteiger partial charge in [-0.25, -0.2) is 0 Å². The molecule has 2 aromatic carbocycles. The van der Waals surface area contributed by atoms with Crippen molar-refractivity contribution >= 4 is 11.8 Å². The molecule has 0 atom stereocenters. The zero-order valence-electron chi connectivity index (χ0n) is 14.9. The Morgan fingerprint density at radius 3 is 2.25 bits per heavy atom. The Morgan fingerprint density at radius 2 is 1.50 bits per heavy atom. The molecule has 0 spiro atoms. The lowest BCUT2D eigenvalue weighted by Crippen LogP contribution is -1.97. The van der Waals surface area contributed by atoms with Gasteiger partial charge in [-0.3, -0.25) is 0 Å². The van der Waals surface area contributed by atoms with E-state index in [2.05, 4.69) is 61.5 Å². The molecule has 0 bridgehead atoms. The van der Waals surface area contributed by atoms with Gasteiger partial charge in [0.15, 0.2) is 0 Å². The number of thioether (sulfide) groups is 1. The lowest BCUT2D eigenvalue weighted by molar-refractivity contribution is 0.304. The summed E-state index contributed by atoms with van der Waals surface area (Å²) >= 11 is 1.91. The van der Waals surface area contributed by atoms with Crippen LogP contribution in [-0.4, -0.2) is 12.4 Å². The summed E-state index contributed by atoms with van der Waals surface area (Å²) in [6.07, 6.45) is 8.93. The van der Waals surface area contributed by atoms with Crippen LogP contribution in [0, 0.1) is 0 Å². The van der Waals surface area contributed by atoms with Gasteiger partial charge < -0.3 is 4.74 Å². The van der Waals surface area contributed by atoms with Crippen LogP contribution < -0.4 is 4.74 Å². The standard InChI is InChI=1S/C22H30OS/c1-2-3-4-5-6-10-18-23-21-15-13-20(14-16-21)17-19-24-22-11-8-7-9-12-22/h7-9,11-16H,2-6,10,17-19H2,1H3. The molecule has 0 amide bonds. The first kappa shape index (κ1) is 18.9. The van der Waals surface area contributed by atoms with Crippen LogP contribution in [0.2, 0.25) is 0 Å². The van der Waals surface area contributed by atoms with Gasteiger partial charge in [0, 0.05) is 10.6 Å². The van der Waals surface area contributed by atoms with Gasteiger partial charge in [-0.2, -0.15) is 0 Å². The topological polar surface area (TPSA) is 9.23 Å². The van der Waals surface area contributed by atoms with E-state index in [4.69, 9.17) is 4.74 Å². The van der Waals surface area contributed by atoms with Crippen molar-refractivity contribution < 1.29 is 4.74 Å². The molecule has 0 unspecified atom stereocenters. The Labute approximate surface area is 151 Å². The van der Waals surface area contributed by atoms with Crippen molar-refractivity contribution in [2.45, 2.75) is 56.8 Å². The monoisotopic (exact) mass is 342 g/mol. The molecule has 0 radical (unpaired) electrons. The molecule has 0 aliphatic carbocycles. The summed E-state index contributed by atoms with van der Waals surface area (Å²) in [5.74, 6) is 2.12. The molecule has 0 aliphatic rings. The highest BCUT2D eigenvalue weighted by molar-refractivity contribution is 7.99. The first-order chi connectivity index (χ1) is 11.9. The van der Waals surface area contributed by atoms with Crippen LogP contribution in [0.25, 0.3) is 0 Å². The normalized spacial score (nSPS) is 10.7. The molecule has 1 nitrogen and oxygen atoms in total. The maximum Gasteiger partial charge on any atom is 0.119 e. The zero-order valence-corrected chi connectivity index (χ0v) is 15.7. The third-order valence-corrected chi connectivity index (χ3v) is 5.11. The minimum atomic E-state index is 0.843. The summed E-state index contributed by atoms with van der Waals surface area (Å²) in [6.45, 7) is 3.10. The predicted octanol–water partition coefficient (Wildman–Crippen LogP) is 6.76. The molecular formula is C22H30OS. The van der Waals surface area contributed by atoms with E-state index in [1.807, 2.05) is 11.8 Å². The summed E-state index contributed by atoms with van der Waals surface area (Å²) in [6, 6.07) is 19.2. The molecule has 0 saturated carbocycles. The average molecular weight is 343 g/mol. The maximum atomic E-state index is 5.84. The Morgan fingerprint density at radius 1 is 0.792 bits per heavy atom. The average Bonchev–Trinajstić information content (AvgIpc) is 2.63. The molecule has 0 heterocycles. The quantitative estimate of drug-likeness (QED) is 0.311. The van der Waals surface area contributed by atoms with Crippen LogP contribution in [0.1, 0.15) is 51.0 Å². The second kappa shape index (κ2) is 12.0. The van der Waals surface area contributed by atoms with E-state index in [0.29, 0.717) is 0 Å². The highest BCUT2D eigenvalue weighted by Gasteiger charge is 1.98. The highest BCUT2D eigenvalue weighted by atomic mass is 32.2. The second-order valence-electron chi connectivity index (χ2n) is 6.17. The highest BCUT2D eigenvalue weighted by Crippen LogP contribution is 2.20. The van der Waals surface area contributed by atoms with E-state index < -0.39 is 0 Å². The minimum absolute atomic E-state index is 0.843. The number of rotatable bonds is 12. The number of hydrogen-bond donors (Lipinski definition) is 0. The van der Waals surface area contributed by atoms with E-state index in [1.54, 1.807) is 0 Å². The number of benzene rings is 2. The van der Waals surface area contributed by atoms with Gasteiger partial charge >= 0.3 is 0 Å². The van der Waals surface area contributed by atoms with Gasteiger partial charge in [0.25, 0.3) is 0 Å². The van der Waals surface area contributed by atoms with Gasteiger partial charge in [0.05, 0.1) is 6.61 Å². The Hall–Kier alpha value is -1.41. The third kappa shape index (κ3) is 7.92. The summed E-state index contributed by atoms with van der Waals surface area (Å²) in [5.41, 5.74) is 1.38. The fourth-order valence-corrected chi connectivity index (χ4v) is 3.55. The van der Waals surface area contributed by atoms with E-state index in [0.717, 1.165) is 24.5 Å². The van der Waals surface area contributed by atoms with Crippen molar-refractivity contribution in [2.24, 2.45) is 0 Å². The molecule has 2 rings (SSSR count). The Kier molecular flexibility index (Phi) is 9.48. The van der Waals surface area contributed by atoms with Gasteiger partial charge in [0.2, 0.25) is 0 Å². The molecule has 24 heavy (non-hydrogen) atoms. The van der Waals surface area contributed by atoms with Crippen LogP contribution in [0.5, 0.6) is 5.75 Å². The molecule has 2 heteroatoms. The van der Waals surface area contributed by atoms with Crippen LogP contribution in [-0.2, 0) is 6.42 Å². The minimum Gasteiger partial charge on any atom is -0.494 e. The first-order valence-corrected chi connectivity index (χ1v) is 10.3. The third-order valence-electron chi connectivity index (χ3n) is 4.09.